The van der Waals surface area contributed by atoms with Crippen LogP contribution in [0.5, 0.6) is 0 Å². The van der Waals surface area contributed by atoms with Crippen molar-refractivity contribution < 1.29 is 14.3 Å². The predicted octanol–water partition coefficient (Wildman–Crippen LogP) is 3.77. The summed E-state index contributed by atoms with van der Waals surface area (Å²) in [6, 6.07) is 8.13. The Morgan fingerprint density at radius 2 is 2.00 bits per heavy atom. The molecule has 0 bridgehead atoms. The summed E-state index contributed by atoms with van der Waals surface area (Å²) in [6.07, 6.45) is 5.62. The van der Waals surface area contributed by atoms with Crippen LogP contribution in [0.2, 0.25) is 0 Å². The van der Waals surface area contributed by atoms with Crippen molar-refractivity contribution in [3.63, 3.8) is 0 Å². The fourth-order valence-electron chi connectivity index (χ4n) is 4.72. The van der Waals surface area contributed by atoms with Crippen LogP contribution in [0.25, 0.3) is 0 Å². The van der Waals surface area contributed by atoms with Crippen molar-refractivity contribution in [2.24, 2.45) is 5.92 Å². The Hall–Kier alpha value is -1.89. The van der Waals surface area contributed by atoms with Gasteiger partial charge in [-0.1, -0.05) is 6.07 Å². The number of hydrogen-bond acceptors (Lipinski definition) is 4. The third-order valence-corrected chi connectivity index (χ3v) is 6.94. The van der Waals surface area contributed by atoms with E-state index in [1.807, 2.05) is 6.07 Å². The fourth-order valence-corrected chi connectivity index (χ4v) is 5.42. The van der Waals surface area contributed by atoms with Gasteiger partial charge in [-0.25, -0.2) is 4.79 Å². The standard InChI is InChI=1S/C22H26N2O3S/c25-22(23-18-7-6-15-2-1-3-16(15)10-18)24-19-12-27-20-17(11-26-21(19)20)5-4-14-8-9-28-13-14/h6-10,13,17,19-21H,1-5,11-12H2,(H2,23,24,25)/t17-,19-,20+,21+/m0/s1. The second-order valence-electron chi connectivity index (χ2n) is 8.07. The van der Waals surface area contributed by atoms with Crippen molar-refractivity contribution in [3.8, 4) is 0 Å². The molecular weight excluding hydrogens is 372 g/mol. The Balaban J connectivity index is 1.14. The lowest BCUT2D eigenvalue weighted by Crippen LogP contribution is -2.45. The molecule has 5 nitrogen and oxygen atoms in total. The average Bonchev–Trinajstić information content (AvgIpc) is 3.46. The molecule has 0 saturated carbocycles. The second kappa shape index (κ2) is 7.85. The van der Waals surface area contributed by atoms with Gasteiger partial charge in [0.25, 0.3) is 0 Å². The lowest BCUT2D eigenvalue weighted by molar-refractivity contribution is 0.0615. The summed E-state index contributed by atoms with van der Waals surface area (Å²) in [5.41, 5.74) is 5.00. The lowest BCUT2D eigenvalue weighted by Gasteiger charge is -2.18. The van der Waals surface area contributed by atoms with Crippen LogP contribution in [0.15, 0.2) is 35.0 Å². The summed E-state index contributed by atoms with van der Waals surface area (Å²) in [6.45, 7) is 1.23. The average molecular weight is 399 g/mol. The zero-order valence-electron chi connectivity index (χ0n) is 15.9. The maximum absolute atomic E-state index is 12.5. The van der Waals surface area contributed by atoms with Gasteiger partial charge in [0.2, 0.25) is 0 Å². The molecule has 1 aromatic carbocycles. The smallest absolute Gasteiger partial charge is 0.319 e. The van der Waals surface area contributed by atoms with Gasteiger partial charge in [-0.2, -0.15) is 11.3 Å². The van der Waals surface area contributed by atoms with Crippen molar-refractivity contribution in [2.45, 2.75) is 50.4 Å². The molecule has 2 saturated heterocycles. The van der Waals surface area contributed by atoms with Crippen LogP contribution in [0, 0.1) is 5.92 Å². The normalized spacial score (nSPS) is 28.1. The number of aryl methyl sites for hydroxylation is 3. The molecule has 0 spiro atoms. The van der Waals surface area contributed by atoms with Gasteiger partial charge in [0.15, 0.2) is 0 Å². The molecule has 0 unspecified atom stereocenters. The molecule has 3 heterocycles. The molecule has 28 heavy (non-hydrogen) atoms. The molecule has 5 rings (SSSR count). The largest absolute Gasteiger partial charge is 0.373 e. The minimum absolute atomic E-state index is 0.0433. The highest BCUT2D eigenvalue weighted by molar-refractivity contribution is 7.07. The Labute approximate surface area is 169 Å². The van der Waals surface area contributed by atoms with E-state index in [1.54, 1.807) is 11.3 Å². The fraction of sp³-hybridized carbons (Fsp3) is 0.500. The van der Waals surface area contributed by atoms with E-state index in [-0.39, 0.29) is 24.3 Å². The van der Waals surface area contributed by atoms with Gasteiger partial charge in [0.1, 0.15) is 6.10 Å². The number of nitrogens with one attached hydrogen (secondary N) is 2. The number of rotatable bonds is 5. The van der Waals surface area contributed by atoms with Crippen LogP contribution in [-0.2, 0) is 28.7 Å². The van der Waals surface area contributed by atoms with E-state index >= 15 is 0 Å². The molecular formula is C22H26N2O3S. The minimum Gasteiger partial charge on any atom is -0.373 e. The number of anilines is 1. The van der Waals surface area contributed by atoms with E-state index < -0.39 is 0 Å². The Morgan fingerprint density at radius 3 is 2.89 bits per heavy atom. The summed E-state index contributed by atoms with van der Waals surface area (Å²) >= 11 is 1.74. The number of carbonyl (C=O) groups excluding carboxylic acids is 1. The van der Waals surface area contributed by atoms with Gasteiger partial charge in [0, 0.05) is 11.6 Å². The molecule has 2 amide bonds. The number of amides is 2. The first-order valence-corrected chi connectivity index (χ1v) is 11.1. The SMILES string of the molecule is O=C(Nc1ccc2c(c1)CCC2)N[C@H]1CO[C@@H]2[C@@H](CCc3ccsc3)CO[C@@H]21. The first-order chi connectivity index (χ1) is 13.8. The molecule has 6 heteroatoms. The van der Waals surface area contributed by atoms with Crippen LogP contribution < -0.4 is 10.6 Å². The van der Waals surface area contributed by atoms with Crippen LogP contribution in [0.1, 0.15) is 29.5 Å². The Morgan fingerprint density at radius 1 is 1.11 bits per heavy atom. The summed E-state index contributed by atoms with van der Waals surface area (Å²) in [4.78, 5) is 12.5. The highest BCUT2D eigenvalue weighted by Crippen LogP contribution is 2.34. The molecule has 148 valence electrons. The molecule has 4 atom stereocenters. The van der Waals surface area contributed by atoms with Gasteiger partial charge in [-0.3, -0.25) is 0 Å². The lowest BCUT2D eigenvalue weighted by atomic mass is 9.94. The van der Waals surface area contributed by atoms with Gasteiger partial charge in [0.05, 0.1) is 25.4 Å². The zero-order valence-corrected chi connectivity index (χ0v) is 16.7. The molecule has 2 aliphatic heterocycles. The number of benzene rings is 1. The minimum atomic E-state index is -0.183. The first kappa shape index (κ1) is 18.2. The summed E-state index contributed by atoms with van der Waals surface area (Å²) < 4.78 is 12.0. The van der Waals surface area contributed by atoms with Crippen LogP contribution in [0.3, 0.4) is 0 Å². The molecule has 2 fully saturated rings. The number of carbonyl (C=O) groups is 1. The van der Waals surface area contributed by atoms with Gasteiger partial charge >= 0.3 is 6.03 Å². The molecule has 3 aliphatic rings. The van der Waals surface area contributed by atoms with Crippen molar-refractivity contribution >= 4 is 23.1 Å². The van der Waals surface area contributed by atoms with Crippen molar-refractivity contribution in [1.29, 1.82) is 0 Å². The first-order valence-electron chi connectivity index (χ1n) is 10.2. The van der Waals surface area contributed by atoms with Crippen LogP contribution >= 0.6 is 11.3 Å². The third kappa shape index (κ3) is 3.69. The number of urea groups is 1. The quantitative estimate of drug-likeness (QED) is 0.806. The van der Waals surface area contributed by atoms with Crippen LogP contribution in [-0.4, -0.2) is 37.5 Å². The highest BCUT2D eigenvalue weighted by Gasteiger charge is 2.47. The maximum atomic E-state index is 12.5. The Kier molecular flexibility index (Phi) is 5.09. The van der Waals surface area contributed by atoms with Crippen LogP contribution in [0.4, 0.5) is 10.5 Å². The molecule has 2 N–H and O–H groups in total. The second-order valence-corrected chi connectivity index (χ2v) is 8.85. The van der Waals surface area contributed by atoms with Gasteiger partial charge in [-0.15, -0.1) is 0 Å². The highest BCUT2D eigenvalue weighted by atomic mass is 32.1. The number of ether oxygens (including phenoxy) is 2. The summed E-state index contributed by atoms with van der Waals surface area (Å²) in [5.74, 6) is 0.400. The van der Waals surface area contributed by atoms with Crippen molar-refractivity contribution in [3.05, 3.63) is 51.7 Å². The topological polar surface area (TPSA) is 59.6 Å². The van der Waals surface area contributed by atoms with Crippen molar-refractivity contribution in [2.75, 3.05) is 18.5 Å². The summed E-state index contributed by atoms with van der Waals surface area (Å²) in [7, 11) is 0. The monoisotopic (exact) mass is 398 g/mol. The van der Waals surface area contributed by atoms with E-state index in [0.29, 0.717) is 19.1 Å². The summed E-state index contributed by atoms with van der Waals surface area (Å²) in [5, 5.41) is 10.4. The maximum Gasteiger partial charge on any atom is 0.319 e. The predicted molar refractivity (Wildman–Crippen MR) is 110 cm³/mol. The van der Waals surface area contributed by atoms with E-state index in [1.165, 1.54) is 23.1 Å². The van der Waals surface area contributed by atoms with Crippen molar-refractivity contribution in [1.82, 2.24) is 5.32 Å². The number of hydrogen-bond donors (Lipinski definition) is 2. The molecule has 1 aromatic heterocycles. The van der Waals surface area contributed by atoms with E-state index in [9.17, 15) is 4.79 Å². The number of thiophene rings is 1. The molecule has 1 aliphatic carbocycles. The molecule has 2 aromatic rings. The molecule has 0 radical (unpaired) electrons. The van der Waals surface area contributed by atoms with Gasteiger partial charge < -0.3 is 20.1 Å². The van der Waals surface area contributed by atoms with E-state index in [4.69, 9.17) is 9.47 Å². The zero-order chi connectivity index (χ0) is 18.9. The number of fused-ring (bicyclic) bond motifs is 2. The third-order valence-electron chi connectivity index (χ3n) is 6.21. The van der Waals surface area contributed by atoms with E-state index in [0.717, 1.165) is 31.4 Å². The van der Waals surface area contributed by atoms with Gasteiger partial charge in [-0.05, 0) is 77.8 Å². The Bertz CT molecular complexity index is 838. The van der Waals surface area contributed by atoms with E-state index in [2.05, 4.69) is 39.6 Å².